The van der Waals surface area contributed by atoms with Gasteiger partial charge in [0.25, 0.3) is 5.91 Å². The molecule has 0 radical (unpaired) electrons. The molecule has 0 spiro atoms. The van der Waals surface area contributed by atoms with E-state index in [1.807, 2.05) is 19.2 Å². The Morgan fingerprint density at radius 3 is 2.81 bits per heavy atom. The van der Waals surface area contributed by atoms with Crippen LogP contribution in [0.4, 0.5) is 0 Å². The second-order valence-corrected chi connectivity index (χ2v) is 7.26. The molecule has 2 rings (SSSR count). The standard InChI is InChI=1S/C16H23NO3S/c1-9(2)12(16(19)20)7-17-15(18)13-8-21-14-6-10(3)4-5-11(13)14/h8-10,12H,4-7H2,1-3H3,(H,17,18)(H,19,20). The Bertz CT molecular complexity index is 536. The van der Waals surface area contributed by atoms with Crippen molar-refractivity contribution in [2.24, 2.45) is 17.8 Å². The van der Waals surface area contributed by atoms with E-state index in [0.717, 1.165) is 24.8 Å². The predicted octanol–water partition coefficient (Wildman–Crippen LogP) is 2.96. The van der Waals surface area contributed by atoms with Crippen LogP contribution in [-0.4, -0.2) is 23.5 Å². The zero-order valence-corrected chi connectivity index (χ0v) is 13.6. The number of carbonyl (C=O) groups excluding carboxylic acids is 1. The SMILES string of the molecule is CC1CCc2c(C(=O)NCC(C(=O)O)C(C)C)csc2C1. The van der Waals surface area contributed by atoms with Gasteiger partial charge in [-0.1, -0.05) is 20.8 Å². The molecule has 0 aliphatic heterocycles. The van der Waals surface area contributed by atoms with E-state index in [1.54, 1.807) is 11.3 Å². The normalized spacial score (nSPS) is 19.1. The Balaban J connectivity index is 2.03. The van der Waals surface area contributed by atoms with Crippen LogP contribution in [0.1, 0.15) is 48.0 Å². The summed E-state index contributed by atoms with van der Waals surface area (Å²) in [5, 5.41) is 13.9. The lowest BCUT2D eigenvalue weighted by Gasteiger charge is -2.20. The molecule has 0 saturated heterocycles. The molecule has 21 heavy (non-hydrogen) atoms. The maximum atomic E-state index is 12.3. The van der Waals surface area contributed by atoms with Gasteiger partial charge in [-0.15, -0.1) is 11.3 Å². The van der Waals surface area contributed by atoms with Gasteiger partial charge in [-0.2, -0.15) is 0 Å². The van der Waals surface area contributed by atoms with Crippen molar-refractivity contribution in [2.45, 2.75) is 40.0 Å². The minimum atomic E-state index is -0.855. The van der Waals surface area contributed by atoms with E-state index in [9.17, 15) is 9.59 Å². The molecule has 0 fully saturated rings. The van der Waals surface area contributed by atoms with Crippen molar-refractivity contribution in [3.8, 4) is 0 Å². The van der Waals surface area contributed by atoms with E-state index < -0.39 is 11.9 Å². The Labute approximate surface area is 129 Å². The number of hydrogen-bond acceptors (Lipinski definition) is 3. The molecule has 2 unspecified atom stereocenters. The summed E-state index contributed by atoms with van der Waals surface area (Å²) < 4.78 is 0. The van der Waals surface area contributed by atoms with Gasteiger partial charge in [-0.25, -0.2) is 0 Å². The fraction of sp³-hybridized carbons (Fsp3) is 0.625. The topological polar surface area (TPSA) is 66.4 Å². The monoisotopic (exact) mass is 309 g/mol. The van der Waals surface area contributed by atoms with Gasteiger partial charge >= 0.3 is 5.97 Å². The number of thiophene rings is 1. The summed E-state index contributed by atoms with van der Waals surface area (Å²) in [6, 6.07) is 0. The summed E-state index contributed by atoms with van der Waals surface area (Å²) >= 11 is 1.65. The van der Waals surface area contributed by atoms with Gasteiger partial charge in [0.05, 0.1) is 11.5 Å². The molecule has 0 aromatic carbocycles. The lowest BCUT2D eigenvalue weighted by atomic mass is 9.88. The molecule has 1 aromatic rings. The van der Waals surface area contributed by atoms with E-state index in [0.29, 0.717) is 5.92 Å². The van der Waals surface area contributed by atoms with Crippen LogP contribution < -0.4 is 5.32 Å². The first-order chi connectivity index (χ1) is 9.90. The van der Waals surface area contributed by atoms with Crippen LogP contribution in [0.25, 0.3) is 0 Å². The molecule has 2 atom stereocenters. The van der Waals surface area contributed by atoms with Gasteiger partial charge in [0.2, 0.25) is 0 Å². The first-order valence-corrected chi connectivity index (χ1v) is 8.38. The number of carbonyl (C=O) groups is 2. The van der Waals surface area contributed by atoms with Crippen molar-refractivity contribution in [2.75, 3.05) is 6.54 Å². The van der Waals surface area contributed by atoms with E-state index in [1.165, 1.54) is 10.4 Å². The van der Waals surface area contributed by atoms with Crippen LogP contribution >= 0.6 is 11.3 Å². The van der Waals surface area contributed by atoms with Gasteiger partial charge in [0.15, 0.2) is 0 Å². The molecular weight excluding hydrogens is 286 g/mol. The summed E-state index contributed by atoms with van der Waals surface area (Å²) in [6.45, 7) is 6.15. The number of rotatable bonds is 5. The van der Waals surface area contributed by atoms with Crippen molar-refractivity contribution < 1.29 is 14.7 Å². The molecule has 1 amide bonds. The fourth-order valence-corrected chi connectivity index (χ4v) is 4.02. The predicted molar refractivity (Wildman–Crippen MR) is 83.8 cm³/mol. The molecule has 1 aromatic heterocycles. The highest BCUT2D eigenvalue weighted by Crippen LogP contribution is 2.32. The van der Waals surface area contributed by atoms with E-state index >= 15 is 0 Å². The molecular formula is C16H23NO3S. The number of amides is 1. The van der Waals surface area contributed by atoms with Crippen LogP contribution in [0.3, 0.4) is 0 Å². The lowest BCUT2D eigenvalue weighted by molar-refractivity contribution is -0.142. The molecule has 1 aliphatic rings. The zero-order valence-electron chi connectivity index (χ0n) is 12.8. The molecule has 116 valence electrons. The largest absolute Gasteiger partial charge is 0.481 e. The number of fused-ring (bicyclic) bond motifs is 1. The average molecular weight is 309 g/mol. The summed E-state index contributed by atoms with van der Waals surface area (Å²) in [5.74, 6) is -0.840. The molecule has 2 N–H and O–H groups in total. The maximum absolute atomic E-state index is 12.3. The van der Waals surface area contributed by atoms with E-state index in [2.05, 4.69) is 12.2 Å². The molecule has 1 heterocycles. The van der Waals surface area contributed by atoms with E-state index in [-0.39, 0.29) is 18.4 Å². The van der Waals surface area contributed by atoms with Crippen LogP contribution in [0.5, 0.6) is 0 Å². The van der Waals surface area contributed by atoms with Crippen LogP contribution in [0.15, 0.2) is 5.38 Å². The summed E-state index contributed by atoms with van der Waals surface area (Å²) in [5.41, 5.74) is 1.92. The highest BCUT2D eigenvalue weighted by Gasteiger charge is 2.25. The van der Waals surface area contributed by atoms with Gasteiger partial charge < -0.3 is 10.4 Å². The van der Waals surface area contributed by atoms with Crippen molar-refractivity contribution in [1.82, 2.24) is 5.32 Å². The van der Waals surface area contributed by atoms with E-state index in [4.69, 9.17) is 5.11 Å². The summed E-state index contributed by atoms with van der Waals surface area (Å²) in [7, 11) is 0. The van der Waals surface area contributed by atoms with Crippen molar-refractivity contribution in [3.63, 3.8) is 0 Å². The van der Waals surface area contributed by atoms with Crippen LogP contribution in [-0.2, 0) is 17.6 Å². The van der Waals surface area contributed by atoms with Crippen molar-refractivity contribution >= 4 is 23.2 Å². The number of carboxylic acid groups (broad SMARTS) is 1. The highest BCUT2D eigenvalue weighted by atomic mass is 32.1. The molecule has 1 aliphatic carbocycles. The Morgan fingerprint density at radius 1 is 1.48 bits per heavy atom. The van der Waals surface area contributed by atoms with Crippen LogP contribution in [0, 0.1) is 17.8 Å². The third-order valence-electron chi connectivity index (χ3n) is 4.25. The lowest BCUT2D eigenvalue weighted by Crippen LogP contribution is -2.35. The molecule has 5 heteroatoms. The third-order valence-corrected chi connectivity index (χ3v) is 5.30. The second-order valence-electron chi connectivity index (χ2n) is 6.30. The highest BCUT2D eigenvalue weighted by molar-refractivity contribution is 7.10. The van der Waals surface area contributed by atoms with Gasteiger partial charge in [-0.05, 0) is 36.7 Å². The molecule has 4 nitrogen and oxygen atoms in total. The number of nitrogens with one attached hydrogen (secondary N) is 1. The molecule has 0 saturated carbocycles. The second kappa shape index (κ2) is 6.60. The van der Waals surface area contributed by atoms with Crippen LogP contribution in [0.2, 0.25) is 0 Å². The van der Waals surface area contributed by atoms with Gasteiger partial charge in [0, 0.05) is 16.8 Å². The van der Waals surface area contributed by atoms with Crippen molar-refractivity contribution in [1.29, 1.82) is 0 Å². The number of aliphatic carboxylic acids is 1. The fourth-order valence-electron chi connectivity index (χ4n) is 2.77. The van der Waals surface area contributed by atoms with Gasteiger partial charge in [0.1, 0.15) is 0 Å². The Morgan fingerprint density at radius 2 is 2.19 bits per heavy atom. The molecule has 0 bridgehead atoms. The smallest absolute Gasteiger partial charge is 0.308 e. The van der Waals surface area contributed by atoms with Gasteiger partial charge in [-0.3, -0.25) is 9.59 Å². The Hall–Kier alpha value is -1.36. The summed E-state index contributed by atoms with van der Waals surface area (Å²) in [4.78, 5) is 24.8. The number of hydrogen-bond donors (Lipinski definition) is 2. The minimum Gasteiger partial charge on any atom is -0.481 e. The Kier molecular flexibility index (Phi) is 5.04. The van der Waals surface area contributed by atoms with Crippen molar-refractivity contribution in [3.05, 3.63) is 21.4 Å². The zero-order chi connectivity index (χ0) is 15.6. The third kappa shape index (κ3) is 3.64. The number of carboxylic acids is 1. The minimum absolute atomic E-state index is 0.0000364. The first kappa shape index (κ1) is 16.0. The maximum Gasteiger partial charge on any atom is 0.308 e. The first-order valence-electron chi connectivity index (χ1n) is 7.50. The quantitative estimate of drug-likeness (QED) is 0.879. The summed E-state index contributed by atoms with van der Waals surface area (Å²) in [6.07, 6.45) is 3.13. The average Bonchev–Trinajstić information content (AvgIpc) is 2.80.